The molecule has 0 aromatic heterocycles. The van der Waals surface area contributed by atoms with Crippen LogP contribution in [0.1, 0.15) is 47.0 Å². The fourth-order valence-electron chi connectivity index (χ4n) is 1.18. The van der Waals surface area contributed by atoms with Crippen LogP contribution in [0.15, 0.2) is 0 Å². The second-order valence-corrected chi connectivity index (χ2v) is 4.93. The van der Waals surface area contributed by atoms with Crippen molar-refractivity contribution in [3.8, 4) is 0 Å². The van der Waals surface area contributed by atoms with Gasteiger partial charge in [0.15, 0.2) is 0 Å². The topological polar surface area (TPSA) is 20.3 Å². The van der Waals surface area contributed by atoms with Crippen LogP contribution < -0.4 is 0 Å². The first-order valence-electron chi connectivity index (χ1n) is 5.67. The first-order chi connectivity index (χ1) is 6.43. The highest BCUT2D eigenvalue weighted by Crippen LogP contribution is 2.07. The third-order valence-corrected chi connectivity index (χ3v) is 2.40. The summed E-state index contributed by atoms with van der Waals surface area (Å²) in [6, 6.07) is 0. The van der Waals surface area contributed by atoms with Gasteiger partial charge in [-0.25, -0.2) is 0 Å². The molecular weight excluding hydrogens is 174 g/mol. The van der Waals surface area contributed by atoms with Gasteiger partial charge in [-0.3, -0.25) is 4.79 Å². The zero-order chi connectivity index (χ0) is 11.1. The fourth-order valence-corrected chi connectivity index (χ4v) is 1.18. The van der Waals surface area contributed by atoms with Gasteiger partial charge in [0.25, 0.3) is 0 Å². The van der Waals surface area contributed by atoms with Crippen molar-refractivity contribution in [3.05, 3.63) is 0 Å². The Morgan fingerprint density at radius 1 is 1.07 bits per heavy atom. The van der Waals surface area contributed by atoms with E-state index < -0.39 is 0 Å². The summed E-state index contributed by atoms with van der Waals surface area (Å²) < 4.78 is 0. The molecule has 0 fully saturated rings. The van der Waals surface area contributed by atoms with Crippen LogP contribution in [-0.4, -0.2) is 24.4 Å². The Balaban J connectivity index is 3.65. The first kappa shape index (κ1) is 13.5. The average Bonchev–Trinajstić information content (AvgIpc) is 2.09. The SMILES string of the molecule is CC(C)CCC(=O)N(C)CCC(C)C. The Bertz CT molecular complexity index is 164. The summed E-state index contributed by atoms with van der Waals surface area (Å²) in [6.45, 7) is 9.58. The summed E-state index contributed by atoms with van der Waals surface area (Å²) in [5.41, 5.74) is 0. The minimum atomic E-state index is 0.291. The lowest BCUT2D eigenvalue weighted by atomic mass is 10.1. The van der Waals surface area contributed by atoms with E-state index in [1.807, 2.05) is 11.9 Å². The Hall–Kier alpha value is -0.530. The van der Waals surface area contributed by atoms with Gasteiger partial charge in [0, 0.05) is 20.0 Å². The zero-order valence-electron chi connectivity index (χ0n) is 10.3. The highest BCUT2D eigenvalue weighted by Gasteiger charge is 2.09. The molecule has 0 aromatic carbocycles. The molecule has 0 saturated carbocycles. The van der Waals surface area contributed by atoms with E-state index in [0.717, 1.165) is 19.4 Å². The van der Waals surface area contributed by atoms with Crippen LogP contribution in [0.4, 0.5) is 0 Å². The van der Waals surface area contributed by atoms with Gasteiger partial charge in [0.05, 0.1) is 0 Å². The van der Waals surface area contributed by atoms with Gasteiger partial charge in [-0.05, 0) is 24.7 Å². The maximum absolute atomic E-state index is 11.6. The van der Waals surface area contributed by atoms with Crippen LogP contribution in [0.2, 0.25) is 0 Å². The molecule has 2 nitrogen and oxygen atoms in total. The molecule has 0 spiro atoms. The van der Waals surface area contributed by atoms with Crippen LogP contribution in [0.5, 0.6) is 0 Å². The lowest BCUT2D eigenvalue weighted by Gasteiger charge is -2.18. The molecule has 0 radical (unpaired) electrons. The van der Waals surface area contributed by atoms with Crippen molar-refractivity contribution < 1.29 is 4.79 Å². The summed E-state index contributed by atoms with van der Waals surface area (Å²) in [4.78, 5) is 13.4. The number of hydrogen-bond donors (Lipinski definition) is 0. The number of rotatable bonds is 6. The van der Waals surface area contributed by atoms with E-state index in [4.69, 9.17) is 0 Å². The van der Waals surface area contributed by atoms with Gasteiger partial charge in [-0.15, -0.1) is 0 Å². The Morgan fingerprint density at radius 3 is 2.00 bits per heavy atom. The quantitative estimate of drug-likeness (QED) is 0.644. The molecule has 0 rings (SSSR count). The van der Waals surface area contributed by atoms with Crippen molar-refractivity contribution in [2.45, 2.75) is 47.0 Å². The van der Waals surface area contributed by atoms with E-state index in [1.54, 1.807) is 0 Å². The Kier molecular flexibility index (Phi) is 6.60. The zero-order valence-corrected chi connectivity index (χ0v) is 10.3. The summed E-state index contributed by atoms with van der Waals surface area (Å²) >= 11 is 0. The molecule has 0 saturated heterocycles. The Morgan fingerprint density at radius 2 is 1.57 bits per heavy atom. The maximum atomic E-state index is 11.6. The van der Waals surface area contributed by atoms with Crippen molar-refractivity contribution in [2.24, 2.45) is 11.8 Å². The van der Waals surface area contributed by atoms with Crippen molar-refractivity contribution in [3.63, 3.8) is 0 Å². The van der Waals surface area contributed by atoms with Gasteiger partial charge >= 0.3 is 0 Å². The normalized spacial score (nSPS) is 11.1. The van der Waals surface area contributed by atoms with E-state index in [1.165, 1.54) is 0 Å². The lowest BCUT2D eigenvalue weighted by Crippen LogP contribution is -2.28. The predicted octanol–water partition coefficient (Wildman–Crippen LogP) is 2.93. The average molecular weight is 199 g/mol. The number of nitrogens with zero attached hydrogens (tertiary/aromatic N) is 1. The van der Waals surface area contributed by atoms with Crippen LogP contribution in [0, 0.1) is 11.8 Å². The highest BCUT2D eigenvalue weighted by molar-refractivity contribution is 5.75. The molecule has 84 valence electrons. The predicted molar refractivity (Wildman–Crippen MR) is 61.2 cm³/mol. The van der Waals surface area contributed by atoms with Crippen LogP contribution >= 0.6 is 0 Å². The first-order valence-corrected chi connectivity index (χ1v) is 5.67. The summed E-state index contributed by atoms with van der Waals surface area (Å²) in [5.74, 6) is 1.59. The van der Waals surface area contributed by atoms with E-state index in [2.05, 4.69) is 27.7 Å². The molecule has 0 aromatic rings. The fraction of sp³-hybridized carbons (Fsp3) is 0.917. The highest BCUT2D eigenvalue weighted by atomic mass is 16.2. The molecule has 0 bridgehead atoms. The van der Waals surface area contributed by atoms with Gasteiger partial charge in [-0.1, -0.05) is 27.7 Å². The van der Waals surface area contributed by atoms with Gasteiger partial charge in [-0.2, -0.15) is 0 Å². The molecule has 0 unspecified atom stereocenters. The number of carbonyl (C=O) groups excluding carboxylic acids is 1. The van der Waals surface area contributed by atoms with E-state index >= 15 is 0 Å². The molecule has 14 heavy (non-hydrogen) atoms. The molecule has 0 atom stereocenters. The van der Waals surface area contributed by atoms with Gasteiger partial charge in [0.1, 0.15) is 0 Å². The maximum Gasteiger partial charge on any atom is 0.222 e. The molecule has 0 aliphatic heterocycles. The van der Waals surface area contributed by atoms with E-state index in [9.17, 15) is 4.79 Å². The number of amides is 1. The third kappa shape index (κ3) is 6.93. The summed E-state index contributed by atoms with van der Waals surface area (Å²) in [7, 11) is 1.91. The lowest BCUT2D eigenvalue weighted by molar-refractivity contribution is -0.130. The summed E-state index contributed by atoms with van der Waals surface area (Å²) in [6.07, 6.45) is 2.81. The molecule has 2 heteroatoms. The molecule has 0 aliphatic carbocycles. The van der Waals surface area contributed by atoms with Crippen LogP contribution in [0.25, 0.3) is 0 Å². The molecule has 0 aliphatic rings. The van der Waals surface area contributed by atoms with Gasteiger partial charge < -0.3 is 4.90 Å². The third-order valence-electron chi connectivity index (χ3n) is 2.40. The van der Waals surface area contributed by atoms with Crippen molar-refractivity contribution in [1.29, 1.82) is 0 Å². The van der Waals surface area contributed by atoms with Crippen LogP contribution in [0.3, 0.4) is 0 Å². The molecule has 0 heterocycles. The Labute approximate surface area is 88.7 Å². The second kappa shape index (κ2) is 6.86. The smallest absolute Gasteiger partial charge is 0.222 e. The minimum absolute atomic E-state index is 0.291. The van der Waals surface area contributed by atoms with Crippen molar-refractivity contribution in [1.82, 2.24) is 4.90 Å². The molecule has 0 N–H and O–H groups in total. The number of hydrogen-bond acceptors (Lipinski definition) is 1. The monoisotopic (exact) mass is 199 g/mol. The second-order valence-electron chi connectivity index (χ2n) is 4.93. The summed E-state index contributed by atoms with van der Waals surface area (Å²) in [5, 5.41) is 0. The molecular formula is C12H25NO. The van der Waals surface area contributed by atoms with E-state index in [0.29, 0.717) is 24.2 Å². The standard InChI is InChI=1S/C12H25NO/c1-10(2)6-7-12(14)13(5)9-8-11(3)4/h10-11H,6-9H2,1-5H3. The largest absolute Gasteiger partial charge is 0.346 e. The van der Waals surface area contributed by atoms with Crippen LogP contribution in [-0.2, 0) is 4.79 Å². The van der Waals surface area contributed by atoms with E-state index in [-0.39, 0.29) is 0 Å². The number of carbonyl (C=O) groups is 1. The van der Waals surface area contributed by atoms with Crippen molar-refractivity contribution >= 4 is 5.91 Å². The minimum Gasteiger partial charge on any atom is -0.346 e. The van der Waals surface area contributed by atoms with Gasteiger partial charge in [0.2, 0.25) is 5.91 Å². The van der Waals surface area contributed by atoms with Crippen molar-refractivity contribution in [2.75, 3.05) is 13.6 Å². The molecule has 1 amide bonds.